The Kier molecular flexibility index (Phi) is 7.43. The highest BCUT2D eigenvalue weighted by Crippen LogP contribution is 2.46. The summed E-state index contributed by atoms with van der Waals surface area (Å²) in [5.74, 6) is 0.864. The van der Waals surface area contributed by atoms with E-state index in [0.29, 0.717) is 24.4 Å². The Labute approximate surface area is 264 Å². The zero-order chi connectivity index (χ0) is 30.7. The zero-order valence-electron chi connectivity index (χ0n) is 26.7. The summed E-state index contributed by atoms with van der Waals surface area (Å²) in [6, 6.07) is 13.9. The molecule has 1 N–H and O–H groups in total. The molecular formula is C37H44N4O2S. The molecule has 3 aliphatic rings. The van der Waals surface area contributed by atoms with E-state index >= 15 is 0 Å². The third kappa shape index (κ3) is 5.07. The number of benzene rings is 1. The normalized spacial score (nSPS) is 22.3. The third-order valence-corrected chi connectivity index (χ3v) is 11.9. The maximum atomic E-state index is 14.0. The number of rotatable bonds is 7. The van der Waals surface area contributed by atoms with Gasteiger partial charge in [-0.05, 0) is 113 Å². The van der Waals surface area contributed by atoms with Crippen LogP contribution in [0.3, 0.4) is 0 Å². The lowest BCUT2D eigenvalue weighted by Gasteiger charge is -2.31. The van der Waals surface area contributed by atoms with Crippen molar-refractivity contribution in [1.29, 1.82) is 0 Å². The fourth-order valence-corrected chi connectivity index (χ4v) is 9.40. The minimum atomic E-state index is -0.594. The van der Waals surface area contributed by atoms with Gasteiger partial charge in [0.1, 0.15) is 4.83 Å². The monoisotopic (exact) mass is 608 g/mol. The number of H-pyrrole nitrogens is 1. The molecule has 230 valence electrons. The molecule has 44 heavy (non-hydrogen) atoms. The van der Waals surface area contributed by atoms with E-state index in [-0.39, 0.29) is 17.7 Å². The maximum Gasteiger partial charge on any atom is 0.233 e. The van der Waals surface area contributed by atoms with E-state index in [1.165, 1.54) is 22.3 Å². The summed E-state index contributed by atoms with van der Waals surface area (Å²) in [6.45, 7) is 12.2. The first-order chi connectivity index (χ1) is 21.1. The number of carbonyl (C=O) groups is 2. The predicted octanol–water partition coefficient (Wildman–Crippen LogP) is 7.85. The van der Waals surface area contributed by atoms with Crippen LogP contribution in [0, 0.1) is 13.8 Å². The average molecular weight is 609 g/mol. The molecule has 6 nitrogen and oxygen atoms in total. The smallest absolute Gasteiger partial charge is 0.233 e. The lowest BCUT2D eigenvalue weighted by Crippen LogP contribution is -2.45. The Morgan fingerprint density at radius 3 is 2.32 bits per heavy atom. The lowest BCUT2D eigenvalue weighted by atomic mass is 9.87. The molecule has 4 aromatic rings. The molecule has 2 bridgehead atoms. The number of thiophene rings is 1. The number of hydrogen-bond acceptors (Lipinski definition) is 4. The molecule has 3 aliphatic heterocycles. The molecule has 3 aromatic heterocycles. The van der Waals surface area contributed by atoms with Gasteiger partial charge in [-0.25, -0.2) is 0 Å². The van der Waals surface area contributed by atoms with Gasteiger partial charge in [0.25, 0.3) is 0 Å². The number of aromatic amines is 1. The number of nitrogens with zero attached hydrogens (tertiary/aromatic N) is 3. The number of fused-ring (bicyclic) bond motifs is 3. The number of carbonyl (C=O) groups excluding carboxylic acids is 2. The van der Waals surface area contributed by atoms with Crippen molar-refractivity contribution in [3.05, 3.63) is 75.9 Å². The van der Waals surface area contributed by atoms with Crippen molar-refractivity contribution in [2.75, 3.05) is 13.1 Å². The van der Waals surface area contributed by atoms with Crippen LogP contribution < -0.4 is 0 Å². The highest BCUT2D eigenvalue weighted by molar-refractivity contribution is 7.19. The van der Waals surface area contributed by atoms with E-state index in [2.05, 4.69) is 85.9 Å². The van der Waals surface area contributed by atoms with Gasteiger partial charge in [0, 0.05) is 60.2 Å². The van der Waals surface area contributed by atoms with Gasteiger partial charge < -0.3 is 14.8 Å². The molecule has 0 spiro atoms. The Morgan fingerprint density at radius 1 is 1.00 bits per heavy atom. The highest BCUT2D eigenvalue weighted by Gasteiger charge is 2.47. The minimum absolute atomic E-state index is 0.0164. The first kappa shape index (κ1) is 29.3. The van der Waals surface area contributed by atoms with Crippen LogP contribution in [0.5, 0.6) is 0 Å². The van der Waals surface area contributed by atoms with Crippen molar-refractivity contribution in [1.82, 2.24) is 19.8 Å². The van der Waals surface area contributed by atoms with Gasteiger partial charge >= 0.3 is 0 Å². The number of pyridine rings is 1. The summed E-state index contributed by atoms with van der Waals surface area (Å²) in [7, 11) is 0. The highest BCUT2D eigenvalue weighted by atomic mass is 32.1. The number of aryl methyl sites for hydroxylation is 2. The van der Waals surface area contributed by atoms with E-state index < -0.39 is 5.41 Å². The molecule has 6 heterocycles. The van der Waals surface area contributed by atoms with Gasteiger partial charge in [-0.1, -0.05) is 24.1 Å². The fraction of sp³-hybridized carbons (Fsp3) is 0.486. The van der Waals surface area contributed by atoms with Crippen molar-refractivity contribution >= 4 is 33.4 Å². The molecule has 0 radical (unpaired) electrons. The predicted molar refractivity (Wildman–Crippen MR) is 178 cm³/mol. The van der Waals surface area contributed by atoms with Crippen LogP contribution in [0.4, 0.5) is 0 Å². The van der Waals surface area contributed by atoms with E-state index in [4.69, 9.17) is 0 Å². The van der Waals surface area contributed by atoms with Crippen LogP contribution in [-0.2, 0) is 15.0 Å². The van der Waals surface area contributed by atoms with Crippen molar-refractivity contribution in [2.24, 2.45) is 0 Å². The summed E-state index contributed by atoms with van der Waals surface area (Å²) in [5.41, 5.74) is 6.56. The number of hydrogen-bond donors (Lipinski definition) is 1. The topological polar surface area (TPSA) is 69.3 Å². The quantitative estimate of drug-likeness (QED) is 0.232. The minimum Gasteiger partial charge on any atom is -0.346 e. The molecular weight excluding hydrogens is 565 g/mol. The number of likely N-dealkylation sites (tertiary alicyclic amines) is 1. The second-order valence-electron chi connectivity index (χ2n) is 14.2. The first-order valence-corrected chi connectivity index (χ1v) is 17.2. The van der Waals surface area contributed by atoms with Crippen LogP contribution in [0.25, 0.3) is 21.5 Å². The first-order valence-electron chi connectivity index (χ1n) is 16.3. The summed E-state index contributed by atoms with van der Waals surface area (Å²) >= 11 is 1.71. The third-order valence-electron chi connectivity index (χ3n) is 10.6. The molecule has 2 atom stereocenters. The molecule has 7 heteroatoms. The molecule has 2 amide bonds. The fourth-order valence-electron chi connectivity index (χ4n) is 8.23. The Hall–Kier alpha value is -3.45. The summed E-state index contributed by atoms with van der Waals surface area (Å²) in [5, 5.41) is 1.15. The summed E-state index contributed by atoms with van der Waals surface area (Å²) < 4.78 is 0. The summed E-state index contributed by atoms with van der Waals surface area (Å²) in [4.78, 5) is 42.1. The van der Waals surface area contributed by atoms with Crippen molar-refractivity contribution in [3.8, 4) is 11.3 Å². The van der Waals surface area contributed by atoms with Gasteiger partial charge in [0.05, 0.1) is 11.1 Å². The van der Waals surface area contributed by atoms with Crippen LogP contribution in [0.2, 0.25) is 0 Å². The second kappa shape index (κ2) is 11.2. The largest absolute Gasteiger partial charge is 0.346 e. The molecule has 2 unspecified atom stereocenters. The molecule has 0 saturated carbocycles. The second-order valence-corrected chi connectivity index (χ2v) is 15.2. The van der Waals surface area contributed by atoms with E-state index in [1.54, 1.807) is 11.3 Å². The van der Waals surface area contributed by atoms with Gasteiger partial charge in [0.15, 0.2) is 0 Å². The molecule has 1 aromatic carbocycles. The maximum absolute atomic E-state index is 14.0. The van der Waals surface area contributed by atoms with E-state index in [0.717, 1.165) is 71.5 Å². The number of amides is 2. The van der Waals surface area contributed by atoms with Crippen molar-refractivity contribution < 1.29 is 9.59 Å². The Balaban J connectivity index is 1.20. The van der Waals surface area contributed by atoms with E-state index in [1.807, 2.05) is 17.3 Å². The number of nitrogens with one attached hydrogen (secondary N) is 1. The standard InChI is InChI=1S/C37H44N4O2S/c1-22-16-23(2)18-27(17-22)34-33(24(3)19-32(42)40-15-12-26(21-40)25-10-13-38-14-11-25)30-20-31(44-35(30)39-34)37(4,5)36(43)41-28-6-7-29(41)9-8-28/h10-11,13-14,16-18,20,24,26,28-29,39H,6-9,12,15,19,21H2,1-5H3. The van der Waals surface area contributed by atoms with Gasteiger partial charge in [-0.3, -0.25) is 14.6 Å². The van der Waals surface area contributed by atoms with Gasteiger partial charge in [0.2, 0.25) is 11.8 Å². The number of aromatic nitrogens is 2. The zero-order valence-corrected chi connectivity index (χ0v) is 27.5. The molecule has 3 saturated heterocycles. The Bertz CT molecular complexity index is 1680. The molecule has 7 rings (SSSR count). The SMILES string of the molecule is Cc1cc(C)cc(-c2[nH]c3sc(C(C)(C)C(=O)N4C5CCC4CC5)cc3c2C(C)CC(=O)N2CCC(c3ccncc3)C2)c1. The van der Waals surface area contributed by atoms with Crippen LogP contribution >= 0.6 is 11.3 Å². The van der Waals surface area contributed by atoms with Crippen LogP contribution in [0.1, 0.15) is 98.3 Å². The molecule has 0 aliphatic carbocycles. The Morgan fingerprint density at radius 2 is 1.66 bits per heavy atom. The summed E-state index contributed by atoms with van der Waals surface area (Å²) in [6.07, 6.45) is 9.71. The molecule has 3 fully saturated rings. The average Bonchev–Trinajstić information content (AvgIpc) is 3.82. The van der Waals surface area contributed by atoms with Crippen LogP contribution in [0.15, 0.2) is 48.8 Å². The van der Waals surface area contributed by atoms with Crippen LogP contribution in [-0.4, -0.2) is 56.8 Å². The van der Waals surface area contributed by atoms with E-state index in [9.17, 15) is 9.59 Å². The van der Waals surface area contributed by atoms with Gasteiger partial charge in [-0.15, -0.1) is 11.3 Å². The van der Waals surface area contributed by atoms with Crippen molar-refractivity contribution in [2.45, 2.75) is 102 Å². The van der Waals surface area contributed by atoms with Crippen molar-refractivity contribution in [3.63, 3.8) is 0 Å². The van der Waals surface area contributed by atoms with Gasteiger partial charge in [-0.2, -0.15) is 0 Å². The lowest BCUT2D eigenvalue weighted by molar-refractivity contribution is -0.137.